The number of nitrogens with zero attached hydrogens (tertiary/aromatic N) is 2. The van der Waals surface area contributed by atoms with Gasteiger partial charge in [0.25, 0.3) is 5.91 Å². The smallest absolute Gasteiger partial charge is 0.263 e. The maximum atomic E-state index is 13.3. The van der Waals surface area contributed by atoms with Crippen LogP contribution in [0.25, 0.3) is 16.6 Å². The van der Waals surface area contributed by atoms with Crippen LogP contribution in [0, 0.1) is 0 Å². The van der Waals surface area contributed by atoms with Gasteiger partial charge in [-0.05, 0) is 36.4 Å². The molecule has 4 aromatic rings. The number of amides is 1. The van der Waals surface area contributed by atoms with E-state index in [1.54, 1.807) is 45.7 Å². The second-order valence-corrected chi connectivity index (χ2v) is 7.03. The average Bonchev–Trinajstić information content (AvgIpc) is 2.83. The number of ether oxygens (including phenoxy) is 2. The van der Waals surface area contributed by atoms with E-state index in [-0.39, 0.29) is 16.9 Å². The van der Waals surface area contributed by atoms with Gasteiger partial charge in [0.1, 0.15) is 17.1 Å². The summed E-state index contributed by atoms with van der Waals surface area (Å²) in [5.74, 6) is 0.899. The van der Waals surface area contributed by atoms with Crippen molar-refractivity contribution in [2.75, 3.05) is 26.2 Å². The minimum Gasteiger partial charge on any atom is -0.497 e. The molecule has 1 amide bonds. The SMILES string of the molecule is COc1cccc(-n2cc(C(=O)N(C)c3ccccc3)c(=O)c3ccc(OC)cc32)c1. The molecule has 6 nitrogen and oxygen atoms in total. The summed E-state index contributed by atoms with van der Waals surface area (Å²) in [7, 11) is 4.82. The predicted octanol–water partition coefficient (Wildman–Crippen LogP) is 4.28. The minimum absolute atomic E-state index is 0.0758. The van der Waals surface area contributed by atoms with Crippen LogP contribution in [-0.4, -0.2) is 31.7 Å². The second kappa shape index (κ2) is 8.36. The van der Waals surface area contributed by atoms with E-state index in [0.717, 1.165) is 5.69 Å². The van der Waals surface area contributed by atoms with Gasteiger partial charge in [-0.25, -0.2) is 0 Å². The van der Waals surface area contributed by atoms with E-state index in [9.17, 15) is 9.59 Å². The first-order chi connectivity index (χ1) is 15.0. The van der Waals surface area contributed by atoms with Crippen LogP contribution in [0.1, 0.15) is 10.4 Å². The number of aromatic nitrogens is 1. The van der Waals surface area contributed by atoms with Crippen molar-refractivity contribution in [2.45, 2.75) is 0 Å². The number of carbonyl (C=O) groups is 1. The Morgan fingerprint density at radius 3 is 2.29 bits per heavy atom. The van der Waals surface area contributed by atoms with Gasteiger partial charge < -0.3 is 18.9 Å². The zero-order valence-corrected chi connectivity index (χ0v) is 17.5. The molecule has 4 rings (SSSR count). The number of benzene rings is 3. The van der Waals surface area contributed by atoms with E-state index in [1.165, 1.54) is 4.90 Å². The summed E-state index contributed by atoms with van der Waals surface area (Å²) >= 11 is 0. The van der Waals surface area contributed by atoms with E-state index >= 15 is 0 Å². The minimum atomic E-state index is -0.384. The molecule has 1 aromatic heterocycles. The summed E-state index contributed by atoms with van der Waals surface area (Å²) in [6.07, 6.45) is 1.58. The zero-order chi connectivity index (χ0) is 22.0. The van der Waals surface area contributed by atoms with E-state index in [0.29, 0.717) is 28.1 Å². The van der Waals surface area contributed by atoms with Crippen molar-refractivity contribution >= 4 is 22.5 Å². The standard InChI is InChI=1S/C25H22N2O4/c1-26(17-8-5-4-6-9-17)25(29)22-16-27(18-10-7-11-19(14-18)30-2)23-15-20(31-3)12-13-21(23)24(22)28/h4-16H,1-3H3. The van der Waals surface area contributed by atoms with Crippen molar-refractivity contribution in [1.29, 1.82) is 0 Å². The average molecular weight is 414 g/mol. The largest absolute Gasteiger partial charge is 0.497 e. The van der Waals surface area contributed by atoms with Crippen LogP contribution in [0.2, 0.25) is 0 Å². The number of pyridine rings is 1. The normalized spacial score (nSPS) is 10.7. The third kappa shape index (κ3) is 3.75. The van der Waals surface area contributed by atoms with Gasteiger partial charge in [0.05, 0.1) is 19.7 Å². The number of para-hydroxylation sites is 1. The number of hydrogen-bond acceptors (Lipinski definition) is 4. The van der Waals surface area contributed by atoms with Crippen molar-refractivity contribution in [2.24, 2.45) is 0 Å². The maximum absolute atomic E-state index is 13.3. The van der Waals surface area contributed by atoms with Crippen LogP contribution in [0.4, 0.5) is 5.69 Å². The Bertz CT molecular complexity index is 1310. The lowest BCUT2D eigenvalue weighted by Gasteiger charge is -2.19. The van der Waals surface area contributed by atoms with E-state index in [1.807, 2.05) is 59.2 Å². The molecule has 0 fully saturated rings. The Morgan fingerprint density at radius 1 is 0.871 bits per heavy atom. The lowest BCUT2D eigenvalue weighted by Crippen LogP contribution is -2.31. The Morgan fingerprint density at radius 2 is 1.58 bits per heavy atom. The molecule has 0 aliphatic rings. The van der Waals surface area contributed by atoms with Crippen molar-refractivity contribution < 1.29 is 14.3 Å². The van der Waals surface area contributed by atoms with E-state index in [2.05, 4.69) is 0 Å². The number of fused-ring (bicyclic) bond motifs is 1. The quantitative estimate of drug-likeness (QED) is 0.489. The topological polar surface area (TPSA) is 60.8 Å². The maximum Gasteiger partial charge on any atom is 0.263 e. The summed E-state index contributed by atoms with van der Waals surface area (Å²) in [5, 5.41) is 0.427. The molecule has 0 N–H and O–H groups in total. The monoisotopic (exact) mass is 414 g/mol. The van der Waals surface area contributed by atoms with Gasteiger partial charge in [-0.1, -0.05) is 24.3 Å². The summed E-state index contributed by atoms with van der Waals surface area (Å²) in [6, 6.07) is 21.8. The summed E-state index contributed by atoms with van der Waals surface area (Å²) < 4.78 is 12.5. The predicted molar refractivity (Wildman–Crippen MR) is 122 cm³/mol. The Balaban J connectivity index is 1.96. The van der Waals surface area contributed by atoms with Crippen LogP contribution in [-0.2, 0) is 0 Å². The highest BCUT2D eigenvalue weighted by Crippen LogP contribution is 2.25. The molecule has 3 aromatic carbocycles. The molecule has 0 atom stereocenters. The van der Waals surface area contributed by atoms with Gasteiger partial charge in [-0.2, -0.15) is 0 Å². The van der Waals surface area contributed by atoms with Gasteiger partial charge in [0.15, 0.2) is 0 Å². The fourth-order valence-corrected chi connectivity index (χ4v) is 3.51. The lowest BCUT2D eigenvalue weighted by molar-refractivity contribution is 0.0991. The van der Waals surface area contributed by atoms with Gasteiger partial charge >= 0.3 is 0 Å². The first-order valence-electron chi connectivity index (χ1n) is 9.74. The van der Waals surface area contributed by atoms with Gasteiger partial charge in [0, 0.05) is 42.1 Å². The molecule has 1 heterocycles. The van der Waals surface area contributed by atoms with E-state index in [4.69, 9.17) is 9.47 Å². The van der Waals surface area contributed by atoms with Crippen molar-refractivity contribution in [1.82, 2.24) is 4.57 Å². The molecule has 6 heteroatoms. The third-order valence-corrected chi connectivity index (χ3v) is 5.22. The van der Waals surface area contributed by atoms with E-state index < -0.39 is 0 Å². The number of methoxy groups -OCH3 is 2. The molecule has 0 radical (unpaired) electrons. The molecule has 0 bridgehead atoms. The van der Waals surface area contributed by atoms with Gasteiger partial charge in [-0.15, -0.1) is 0 Å². The zero-order valence-electron chi connectivity index (χ0n) is 17.5. The molecule has 0 saturated heterocycles. The number of hydrogen-bond donors (Lipinski definition) is 0. The third-order valence-electron chi connectivity index (χ3n) is 5.22. The second-order valence-electron chi connectivity index (χ2n) is 7.03. The molecule has 0 unspecified atom stereocenters. The number of rotatable bonds is 5. The van der Waals surface area contributed by atoms with Crippen LogP contribution < -0.4 is 19.8 Å². The highest BCUT2D eigenvalue weighted by Gasteiger charge is 2.21. The summed E-state index contributed by atoms with van der Waals surface area (Å²) in [6.45, 7) is 0. The number of carbonyl (C=O) groups excluding carboxylic acids is 1. The molecule has 0 spiro atoms. The molecule has 0 aliphatic heterocycles. The Kier molecular flexibility index (Phi) is 5.45. The summed E-state index contributed by atoms with van der Waals surface area (Å²) in [4.78, 5) is 28.1. The van der Waals surface area contributed by atoms with Crippen LogP contribution in [0.3, 0.4) is 0 Å². The molecular weight excluding hydrogens is 392 g/mol. The fraction of sp³-hybridized carbons (Fsp3) is 0.120. The number of anilines is 1. The molecule has 156 valence electrons. The summed E-state index contributed by atoms with van der Waals surface area (Å²) in [5.41, 5.74) is 1.84. The van der Waals surface area contributed by atoms with Gasteiger partial charge in [-0.3, -0.25) is 9.59 Å². The first kappa shape index (κ1) is 20.2. The highest BCUT2D eigenvalue weighted by molar-refractivity contribution is 6.07. The van der Waals surface area contributed by atoms with Crippen molar-refractivity contribution in [3.8, 4) is 17.2 Å². The fourth-order valence-electron chi connectivity index (χ4n) is 3.51. The van der Waals surface area contributed by atoms with Gasteiger partial charge in [0.2, 0.25) is 5.43 Å². The molecule has 31 heavy (non-hydrogen) atoms. The molecule has 0 saturated carbocycles. The Hall–Kier alpha value is -4.06. The molecule has 0 aliphatic carbocycles. The Labute approximate surface area is 179 Å². The van der Waals surface area contributed by atoms with Crippen LogP contribution in [0.5, 0.6) is 11.5 Å². The van der Waals surface area contributed by atoms with Crippen molar-refractivity contribution in [3.63, 3.8) is 0 Å². The first-order valence-corrected chi connectivity index (χ1v) is 9.74. The van der Waals surface area contributed by atoms with Crippen molar-refractivity contribution in [3.05, 3.63) is 94.8 Å². The highest BCUT2D eigenvalue weighted by atomic mass is 16.5. The molecular formula is C25H22N2O4. The van der Waals surface area contributed by atoms with Crippen LogP contribution in [0.15, 0.2) is 83.8 Å². The van der Waals surface area contributed by atoms with Crippen LogP contribution >= 0.6 is 0 Å². The lowest BCUT2D eigenvalue weighted by atomic mass is 10.1.